The summed E-state index contributed by atoms with van der Waals surface area (Å²) in [5.41, 5.74) is 0. The number of phosphoric acid groups is 2. The van der Waals surface area contributed by atoms with Crippen molar-refractivity contribution < 1.29 is 80.2 Å². The summed E-state index contributed by atoms with van der Waals surface area (Å²) in [6, 6.07) is 0. The van der Waals surface area contributed by atoms with Crippen LogP contribution in [0.15, 0.2) is 0 Å². The zero-order valence-corrected chi connectivity index (χ0v) is 64.8. The molecule has 0 rings (SSSR count). The van der Waals surface area contributed by atoms with Crippen LogP contribution in [0.1, 0.15) is 389 Å². The van der Waals surface area contributed by atoms with Gasteiger partial charge in [-0.1, -0.05) is 338 Å². The molecule has 96 heavy (non-hydrogen) atoms. The van der Waals surface area contributed by atoms with E-state index < -0.39 is 97.5 Å². The maximum absolute atomic E-state index is 13.1. The van der Waals surface area contributed by atoms with Gasteiger partial charge in [-0.15, -0.1) is 0 Å². The largest absolute Gasteiger partial charge is 0.472 e. The first-order chi connectivity index (χ1) is 46.1. The lowest BCUT2D eigenvalue weighted by molar-refractivity contribution is -0.161. The molecule has 0 aliphatic carbocycles. The summed E-state index contributed by atoms with van der Waals surface area (Å²) >= 11 is 0. The highest BCUT2D eigenvalue weighted by atomic mass is 31.2. The van der Waals surface area contributed by atoms with Crippen molar-refractivity contribution in [2.45, 2.75) is 408 Å². The maximum Gasteiger partial charge on any atom is 0.472 e. The van der Waals surface area contributed by atoms with E-state index in [0.29, 0.717) is 37.5 Å². The van der Waals surface area contributed by atoms with Crippen LogP contribution in [0.2, 0.25) is 0 Å². The first-order valence-electron chi connectivity index (χ1n) is 39.7. The molecule has 570 valence electrons. The van der Waals surface area contributed by atoms with Gasteiger partial charge >= 0.3 is 39.5 Å². The number of aliphatic hydroxyl groups excluding tert-OH is 1. The van der Waals surface area contributed by atoms with Gasteiger partial charge in [0.05, 0.1) is 26.4 Å². The second kappa shape index (κ2) is 66.3. The zero-order chi connectivity index (χ0) is 71.0. The Balaban J connectivity index is 5.14. The van der Waals surface area contributed by atoms with Crippen LogP contribution in [0.4, 0.5) is 0 Å². The van der Waals surface area contributed by atoms with E-state index >= 15 is 0 Å². The van der Waals surface area contributed by atoms with Crippen molar-refractivity contribution >= 4 is 39.5 Å². The summed E-state index contributed by atoms with van der Waals surface area (Å²) in [5.74, 6) is 0.865. The normalized spacial score (nSPS) is 14.1. The van der Waals surface area contributed by atoms with Crippen molar-refractivity contribution in [1.82, 2.24) is 0 Å². The lowest BCUT2D eigenvalue weighted by Crippen LogP contribution is -2.30. The third-order valence-electron chi connectivity index (χ3n) is 17.8. The van der Waals surface area contributed by atoms with Crippen LogP contribution in [-0.2, 0) is 65.4 Å². The number of hydrogen-bond donors (Lipinski definition) is 3. The van der Waals surface area contributed by atoms with Crippen LogP contribution in [0.3, 0.4) is 0 Å². The molecule has 19 heteroatoms. The van der Waals surface area contributed by atoms with E-state index in [1.165, 1.54) is 186 Å². The minimum absolute atomic E-state index is 0.102. The summed E-state index contributed by atoms with van der Waals surface area (Å²) in [5, 5.41) is 10.6. The molecule has 0 aromatic rings. The Morgan fingerprint density at radius 3 is 0.646 bits per heavy atom. The maximum atomic E-state index is 13.1. The van der Waals surface area contributed by atoms with Crippen LogP contribution in [0.25, 0.3) is 0 Å². The average molecular weight is 1410 g/mol. The third kappa shape index (κ3) is 70.5. The van der Waals surface area contributed by atoms with E-state index in [9.17, 15) is 43.2 Å². The summed E-state index contributed by atoms with van der Waals surface area (Å²) in [6.45, 7) is 14.1. The summed E-state index contributed by atoms with van der Waals surface area (Å²) < 4.78 is 68.5. The quantitative estimate of drug-likeness (QED) is 0.0222. The molecule has 0 amide bonds. The number of unbranched alkanes of at least 4 members (excludes halogenated alkanes) is 40. The van der Waals surface area contributed by atoms with Gasteiger partial charge in [-0.2, -0.15) is 0 Å². The standard InChI is InChI=1S/C77H150O17P2/c1-67(2)53-45-37-29-24-20-16-12-9-10-14-19-23-27-33-43-51-59-76(81)93-72(63-88-75(80)58-50-42-34-28-31-39-47-55-69(5)6)65-91-95(83,84)89-61-71(78)62-90-96(85,86)92-66-73(94-77(82)60-52-44-36-35-40-48-56-70(7)8)64-87-74(79)57-49-41-32-26-22-18-15-11-13-17-21-25-30-38-46-54-68(3)4/h67-73,78H,9-66H2,1-8H3,(H,83,84)(H,85,86)/t71?,72-,73-/m1/s1. The molecule has 0 saturated carbocycles. The van der Waals surface area contributed by atoms with Crippen LogP contribution < -0.4 is 0 Å². The van der Waals surface area contributed by atoms with Crippen molar-refractivity contribution in [2.75, 3.05) is 39.6 Å². The molecule has 3 N–H and O–H groups in total. The molecule has 17 nitrogen and oxygen atoms in total. The Labute approximate surface area is 588 Å². The van der Waals surface area contributed by atoms with Crippen molar-refractivity contribution in [3.63, 3.8) is 0 Å². The lowest BCUT2D eigenvalue weighted by Gasteiger charge is -2.21. The number of ether oxygens (including phenoxy) is 4. The summed E-state index contributed by atoms with van der Waals surface area (Å²) in [4.78, 5) is 72.7. The van der Waals surface area contributed by atoms with E-state index in [1.54, 1.807) is 0 Å². The Hall–Kier alpha value is -1.94. The number of carbonyl (C=O) groups is 4. The van der Waals surface area contributed by atoms with Gasteiger partial charge in [0.25, 0.3) is 0 Å². The van der Waals surface area contributed by atoms with Crippen LogP contribution in [-0.4, -0.2) is 96.7 Å². The van der Waals surface area contributed by atoms with Gasteiger partial charge in [-0.05, 0) is 49.4 Å². The molecule has 5 atom stereocenters. The molecule has 0 saturated heterocycles. The fraction of sp³-hybridized carbons (Fsp3) is 0.948. The molecular formula is C77H150O17P2. The molecule has 0 spiro atoms. The van der Waals surface area contributed by atoms with Gasteiger partial charge in [0.15, 0.2) is 12.2 Å². The second-order valence-electron chi connectivity index (χ2n) is 29.7. The minimum atomic E-state index is -4.96. The van der Waals surface area contributed by atoms with Gasteiger partial charge < -0.3 is 33.8 Å². The molecular weight excluding hydrogens is 1260 g/mol. The fourth-order valence-corrected chi connectivity index (χ4v) is 13.3. The predicted octanol–water partition coefficient (Wildman–Crippen LogP) is 22.4. The highest BCUT2D eigenvalue weighted by molar-refractivity contribution is 7.47. The van der Waals surface area contributed by atoms with E-state index in [-0.39, 0.29) is 25.7 Å². The predicted molar refractivity (Wildman–Crippen MR) is 391 cm³/mol. The second-order valence-corrected chi connectivity index (χ2v) is 32.6. The molecule has 0 heterocycles. The van der Waals surface area contributed by atoms with Crippen LogP contribution in [0, 0.1) is 23.7 Å². The van der Waals surface area contributed by atoms with Gasteiger partial charge in [-0.3, -0.25) is 37.3 Å². The van der Waals surface area contributed by atoms with Gasteiger partial charge in [-0.25, -0.2) is 9.13 Å². The molecule has 3 unspecified atom stereocenters. The first-order valence-corrected chi connectivity index (χ1v) is 42.7. The zero-order valence-electron chi connectivity index (χ0n) is 63.0. The monoisotopic (exact) mass is 1410 g/mol. The highest BCUT2D eigenvalue weighted by Crippen LogP contribution is 2.45. The summed E-state index contributed by atoms with van der Waals surface area (Å²) in [6.07, 6.45) is 51.7. The molecule has 0 radical (unpaired) electrons. The van der Waals surface area contributed by atoms with E-state index in [4.69, 9.17) is 37.0 Å². The SMILES string of the molecule is CC(C)CCCCCCCCCCCCCCCCCCC(=O)O[C@H](COC(=O)CCCCCCCCCC(C)C)COP(=O)(O)OCC(O)COP(=O)(O)OC[C@@H](COC(=O)CCCCCCCCCCCCCCCCCC(C)C)OC(=O)CCCCCCCCC(C)C. The molecule has 0 aliphatic rings. The Morgan fingerprint density at radius 1 is 0.260 bits per heavy atom. The van der Waals surface area contributed by atoms with Crippen LogP contribution in [0.5, 0.6) is 0 Å². The number of rotatable bonds is 74. The van der Waals surface area contributed by atoms with Gasteiger partial charge in [0, 0.05) is 25.7 Å². The van der Waals surface area contributed by atoms with E-state index in [2.05, 4.69) is 55.4 Å². The van der Waals surface area contributed by atoms with Gasteiger partial charge in [0.1, 0.15) is 19.3 Å². The first kappa shape index (κ1) is 94.1. The van der Waals surface area contributed by atoms with Crippen molar-refractivity contribution in [1.29, 1.82) is 0 Å². The van der Waals surface area contributed by atoms with Crippen LogP contribution >= 0.6 is 15.6 Å². The average Bonchev–Trinajstić information content (AvgIpc) is 1.63. The van der Waals surface area contributed by atoms with E-state index in [1.807, 2.05) is 0 Å². The number of phosphoric ester groups is 2. The number of hydrogen-bond acceptors (Lipinski definition) is 15. The number of aliphatic hydroxyl groups is 1. The van der Waals surface area contributed by atoms with Crippen molar-refractivity contribution in [2.24, 2.45) is 23.7 Å². The Kier molecular flexibility index (Phi) is 65.0. The molecule has 0 aliphatic heterocycles. The fourth-order valence-electron chi connectivity index (χ4n) is 11.7. The highest BCUT2D eigenvalue weighted by Gasteiger charge is 2.30. The number of carbonyl (C=O) groups excluding carboxylic acids is 4. The molecule has 0 aromatic heterocycles. The summed E-state index contributed by atoms with van der Waals surface area (Å²) in [7, 11) is -9.91. The van der Waals surface area contributed by atoms with Crippen molar-refractivity contribution in [3.05, 3.63) is 0 Å². The molecule has 0 fully saturated rings. The topological polar surface area (TPSA) is 237 Å². The third-order valence-corrected chi connectivity index (χ3v) is 19.7. The smallest absolute Gasteiger partial charge is 0.462 e. The van der Waals surface area contributed by atoms with Gasteiger partial charge in [0.2, 0.25) is 0 Å². The Morgan fingerprint density at radius 2 is 0.438 bits per heavy atom. The Bertz CT molecular complexity index is 1880. The van der Waals surface area contributed by atoms with Crippen molar-refractivity contribution in [3.8, 4) is 0 Å². The van der Waals surface area contributed by atoms with E-state index in [0.717, 1.165) is 108 Å². The molecule has 0 bridgehead atoms. The minimum Gasteiger partial charge on any atom is -0.462 e. The number of esters is 4. The molecule has 0 aromatic carbocycles. The lowest BCUT2D eigenvalue weighted by atomic mass is 10.0.